The van der Waals surface area contributed by atoms with Crippen LogP contribution in [0.15, 0.2) is 66.7 Å². The monoisotopic (exact) mass is 489 g/mol. The molecule has 186 valence electrons. The lowest BCUT2D eigenvalue weighted by molar-refractivity contribution is -0.384. The van der Waals surface area contributed by atoms with Gasteiger partial charge in [0.05, 0.1) is 36.8 Å². The van der Waals surface area contributed by atoms with Crippen LogP contribution < -0.4 is 19.7 Å². The molecule has 1 N–H and O–H groups in total. The highest BCUT2D eigenvalue weighted by Gasteiger charge is 2.42. The highest BCUT2D eigenvalue weighted by molar-refractivity contribution is 6.00. The third kappa shape index (κ3) is 4.86. The van der Waals surface area contributed by atoms with Crippen molar-refractivity contribution in [3.05, 3.63) is 88.0 Å². The Hall–Kier alpha value is -4.40. The molecule has 0 aromatic heterocycles. The first-order chi connectivity index (χ1) is 17.3. The number of methoxy groups -OCH3 is 2. The fourth-order valence-corrected chi connectivity index (χ4v) is 4.56. The summed E-state index contributed by atoms with van der Waals surface area (Å²) in [7, 11) is 3.11. The van der Waals surface area contributed by atoms with Gasteiger partial charge in [0.25, 0.3) is 5.69 Å². The van der Waals surface area contributed by atoms with Crippen molar-refractivity contribution in [3.63, 3.8) is 0 Å². The van der Waals surface area contributed by atoms with E-state index in [1.165, 1.54) is 12.1 Å². The maximum absolute atomic E-state index is 13.7. The molecule has 0 radical (unpaired) electrons. The van der Waals surface area contributed by atoms with Gasteiger partial charge in [-0.2, -0.15) is 0 Å². The fourth-order valence-electron chi connectivity index (χ4n) is 4.56. The van der Waals surface area contributed by atoms with Gasteiger partial charge in [0.1, 0.15) is 11.5 Å². The number of piperidine rings is 1. The topological polar surface area (TPSA) is 111 Å². The lowest BCUT2D eigenvalue weighted by Gasteiger charge is -2.41. The quantitative estimate of drug-likeness (QED) is 0.368. The second kappa shape index (κ2) is 10.5. The van der Waals surface area contributed by atoms with Gasteiger partial charge in [-0.15, -0.1) is 0 Å². The molecule has 9 nitrogen and oxygen atoms in total. The Labute approximate surface area is 208 Å². The molecule has 1 aliphatic rings. The van der Waals surface area contributed by atoms with Crippen LogP contribution in [-0.4, -0.2) is 31.0 Å². The Kier molecular flexibility index (Phi) is 7.19. The van der Waals surface area contributed by atoms with Crippen molar-refractivity contribution in [2.45, 2.75) is 25.8 Å². The van der Waals surface area contributed by atoms with Crippen molar-refractivity contribution in [2.24, 2.45) is 5.92 Å². The smallest absolute Gasteiger partial charge is 0.271 e. The Balaban J connectivity index is 1.77. The van der Waals surface area contributed by atoms with E-state index in [1.54, 1.807) is 62.4 Å². The normalized spacial score (nSPS) is 17.4. The van der Waals surface area contributed by atoms with Crippen molar-refractivity contribution >= 4 is 28.9 Å². The van der Waals surface area contributed by atoms with Gasteiger partial charge in [0.15, 0.2) is 0 Å². The lowest BCUT2D eigenvalue weighted by atomic mass is 9.82. The number of non-ortho nitro benzene ring substituents is 1. The largest absolute Gasteiger partial charge is 0.497 e. The van der Waals surface area contributed by atoms with E-state index in [0.29, 0.717) is 40.4 Å². The SMILES string of the molecule is COc1ccc(N2C(=O)CCC(C(=O)Nc3cc([N+](=O)[O-])ccc3C)C2c2ccccc2OC)cc1. The maximum atomic E-state index is 13.7. The number of carbonyl (C=O) groups excluding carboxylic acids is 2. The Morgan fingerprint density at radius 2 is 1.78 bits per heavy atom. The van der Waals surface area contributed by atoms with Crippen molar-refractivity contribution in [1.29, 1.82) is 0 Å². The minimum Gasteiger partial charge on any atom is -0.497 e. The summed E-state index contributed by atoms with van der Waals surface area (Å²) in [5, 5.41) is 14.1. The predicted octanol–water partition coefficient (Wildman–Crippen LogP) is 5.04. The molecule has 1 fully saturated rings. The average molecular weight is 490 g/mol. The molecule has 3 aromatic rings. The van der Waals surface area contributed by atoms with Gasteiger partial charge in [-0.1, -0.05) is 24.3 Å². The van der Waals surface area contributed by atoms with E-state index in [0.717, 1.165) is 0 Å². The molecule has 36 heavy (non-hydrogen) atoms. The Morgan fingerprint density at radius 1 is 1.06 bits per heavy atom. The van der Waals surface area contributed by atoms with Gasteiger partial charge in [0.2, 0.25) is 11.8 Å². The molecule has 2 unspecified atom stereocenters. The molecular weight excluding hydrogens is 462 g/mol. The molecule has 0 bridgehead atoms. The highest BCUT2D eigenvalue weighted by Crippen LogP contribution is 2.44. The maximum Gasteiger partial charge on any atom is 0.271 e. The Bertz CT molecular complexity index is 1290. The first-order valence-corrected chi connectivity index (χ1v) is 11.5. The van der Waals surface area contributed by atoms with E-state index in [2.05, 4.69) is 5.32 Å². The number of nitrogens with zero attached hydrogens (tertiary/aromatic N) is 2. The highest BCUT2D eigenvalue weighted by atomic mass is 16.6. The van der Waals surface area contributed by atoms with Gasteiger partial charge >= 0.3 is 0 Å². The number of rotatable bonds is 7. The number of nitrogens with one attached hydrogen (secondary N) is 1. The van der Waals surface area contributed by atoms with E-state index >= 15 is 0 Å². The molecule has 1 aliphatic heterocycles. The summed E-state index contributed by atoms with van der Waals surface area (Å²) in [6, 6.07) is 18.1. The minimum absolute atomic E-state index is 0.115. The van der Waals surface area contributed by atoms with Gasteiger partial charge in [-0.3, -0.25) is 19.7 Å². The minimum atomic E-state index is -0.658. The number of aryl methyl sites for hydroxylation is 1. The van der Waals surface area contributed by atoms with Crippen molar-refractivity contribution in [3.8, 4) is 11.5 Å². The average Bonchev–Trinajstić information content (AvgIpc) is 2.89. The van der Waals surface area contributed by atoms with E-state index in [9.17, 15) is 19.7 Å². The third-order valence-electron chi connectivity index (χ3n) is 6.43. The number of hydrogen-bond acceptors (Lipinski definition) is 6. The van der Waals surface area contributed by atoms with E-state index in [4.69, 9.17) is 9.47 Å². The molecule has 0 spiro atoms. The van der Waals surface area contributed by atoms with Crippen LogP contribution in [0.25, 0.3) is 0 Å². The molecule has 1 saturated heterocycles. The van der Waals surface area contributed by atoms with Crippen LogP contribution in [0.3, 0.4) is 0 Å². The number of anilines is 2. The zero-order valence-corrected chi connectivity index (χ0v) is 20.3. The molecule has 0 saturated carbocycles. The van der Waals surface area contributed by atoms with Crippen LogP contribution >= 0.6 is 0 Å². The molecule has 3 aromatic carbocycles. The Morgan fingerprint density at radius 3 is 2.44 bits per heavy atom. The van der Waals surface area contributed by atoms with Crippen LogP contribution in [0.2, 0.25) is 0 Å². The molecule has 1 heterocycles. The zero-order valence-electron chi connectivity index (χ0n) is 20.3. The number of carbonyl (C=O) groups is 2. The summed E-state index contributed by atoms with van der Waals surface area (Å²) < 4.78 is 10.9. The first-order valence-electron chi connectivity index (χ1n) is 11.5. The van der Waals surface area contributed by atoms with Gasteiger partial charge in [0, 0.05) is 29.8 Å². The standard InChI is InChI=1S/C27H27N3O6/c1-17-8-9-19(30(33)34)16-23(17)28-27(32)22-14-15-25(31)29(18-10-12-20(35-2)13-11-18)26(22)21-6-4-5-7-24(21)36-3/h4-13,16,22,26H,14-15H2,1-3H3,(H,28,32). The second-order valence-electron chi connectivity index (χ2n) is 8.54. The number of nitro groups is 1. The van der Waals surface area contributed by atoms with Gasteiger partial charge in [-0.05, 0) is 49.2 Å². The van der Waals surface area contributed by atoms with Crippen molar-refractivity contribution < 1.29 is 24.0 Å². The number of amides is 2. The van der Waals surface area contributed by atoms with Gasteiger partial charge in [-0.25, -0.2) is 0 Å². The van der Waals surface area contributed by atoms with Crippen LogP contribution in [0.1, 0.15) is 30.0 Å². The molecular formula is C27H27N3O6. The summed E-state index contributed by atoms with van der Waals surface area (Å²) in [5.41, 5.74) is 2.26. The summed E-state index contributed by atoms with van der Waals surface area (Å²) in [4.78, 5) is 39.4. The van der Waals surface area contributed by atoms with Crippen molar-refractivity contribution in [1.82, 2.24) is 0 Å². The second-order valence-corrected chi connectivity index (χ2v) is 8.54. The van der Waals surface area contributed by atoms with E-state index in [1.807, 2.05) is 18.2 Å². The van der Waals surface area contributed by atoms with E-state index < -0.39 is 16.9 Å². The van der Waals surface area contributed by atoms with Crippen molar-refractivity contribution in [2.75, 3.05) is 24.4 Å². The number of hydrogen-bond donors (Lipinski definition) is 1. The van der Waals surface area contributed by atoms with Crippen LogP contribution in [-0.2, 0) is 9.59 Å². The zero-order chi connectivity index (χ0) is 25.8. The molecule has 0 aliphatic carbocycles. The molecule has 4 rings (SSSR count). The summed E-state index contributed by atoms with van der Waals surface area (Å²) >= 11 is 0. The van der Waals surface area contributed by atoms with Crippen LogP contribution in [0.5, 0.6) is 11.5 Å². The summed E-state index contributed by atoms with van der Waals surface area (Å²) in [6.07, 6.45) is 0.484. The first kappa shape index (κ1) is 24.7. The van der Waals surface area contributed by atoms with Crippen LogP contribution in [0, 0.1) is 23.0 Å². The predicted molar refractivity (Wildman–Crippen MR) is 135 cm³/mol. The third-order valence-corrected chi connectivity index (χ3v) is 6.43. The van der Waals surface area contributed by atoms with Crippen LogP contribution in [0.4, 0.5) is 17.1 Å². The fraction of sp³-hybridized carbons (Fsp3) is 0.259. The molecule has 2 amide bonds. The lowest BCUT2D eigenvalue weighted by Crippen LogP contribution is -2.47. The number of ether oxygens (including phenoxy) is 2. The number of nitro benzene ring substituents is 1. The summed E-state index contributed by atoms with van der Waals surface area (Å²) in [6.45, 7) is 1.77. The van der Waals surface area contributed by atoms with Gasteiger partial charge < -0.3 is 19.7 Å². The number of benzene rings is 3. The van der Waals surface area contributed by atoms with E-state index in [-0.39, 0.29) is 23.9 Å². The molecule has 9 heteroatoms. The molecule has 2 atom stereocenters. The number of para-hydroxylation sites is 1. The summed E-state index contributed by atoms with van der Waals surface area (Å²) in [5.74, 6) is 0.111.